The lowest BCUT2D eigenvalue weighted by Gasteiger charge is -2.08. The number of anilines is 1. The first-order chi connectivity index (χ1) is 7.37. The number of rotatable bonds is 4. The molecular formula is C10H14F3N3. The highest BCUT2D eigenvalue weighted by Gasteiger charge is 2.25. The van der Waals surface area contributed by atoms with Crippen LogP contribution in [0.4, 0.5) is 19.0 Å². The monoisotopic (exact) mass is 233 g/mol. The van der Waals surface area contributed by atoms with Crippen molar-refractivity contribution in [1.82, 2.24) is 9.97 Å². The Balaban J connectivity index is 2.37. The summed E-state index contributed by atoms with van der Waals surface area (Å²) in [5.41, 5.74) is 0.797. The largest absolute Gasteiger partial charge is 0.389 e. The highest BCUT2D eigenvalue weighted by atomic mass is 19.4. The van der Waals surface area contributed by atoms with Gasteiger partial charge < -0.3 is 5.32 Å². The van der Waals surface area contributed by atoms with Gasteiger partial charge in [-0.2, -0.15) is 13.2 Å². The fourth-order valence-electron chi connectivity index (χ4n) is 1.31. The minimum atomic E-state index is -4.08. The molecule has 0 radical (unpaired) electrons. The van der Waals surface area contributed by atoms with Gasteiger partial charge >= 0.3 is 6.18 Å². The average Bonchev–Trinajstić information content (AvgIpc) is 2.09. The van der Waals surface area contributed by atoms with Crippen molar-refractivity contribution in [3.05, 3.63) is 17.6 Å². The van der Waals surface area contributed by atoms with E-state index in [4.69, 9.17) is 0 Å². The van der Waals surface area contributed by atoms with Crippen molar-refractivity contribution in [2.24, 2.45) is 0 Å². The van der Waals surface area contributed by atoms with Gasteiger partial charge in [-0.05, 0) is 20.3 Å². The molecule has 0 aromatic carbocycles. The predicted molar refractivity (Wildman–Crippen MR) is 55.3 cm³/mol. The lowest BCUT2D eigenvalue weighted by molar-refractivity contribution is -0.134. The summed E-state index contributed by atoms with van der Waals surface area (Å²) < 4.78 is 35.6. The zero-order valence-corrected chi connectivity index (χ0v) is 9.23. The molecule has 0 aliphatic rings. The number of halogens is 3. The van der Waals surface area contributed by atoms with Gasteiger partial charge in [-0.15, -0.1) is 0 Å². The highest BCUT2D eigenvalue weighted by molar-refractivity contribution is 5.35. The van der Waals surface area contributed by atoms with Crippen LogP contribution in [-0.4, -0.2) is 22.7 Å². The molecule has 0 aliphatic heterocycles. The maximum atomic E-state index is 11.9. The fourth-order valence-corrected chi connectivity index (χ4v) is 1.31. The molecule has 0 fully saturated rings. The van der Waals surface area contributed by atoms with E-state index >= 15 is 0 Å². The van der Waals surface area contributed by atoms with Crippen LogP contribution in [0.3, 0.4) is 0 Å². The SMILES string of the molecule is Cc1cc(NCCCC(F)(F)F)nc(C)n1. The minimum absolute atomic E-state index is 0.0472. The number of hydrogen-bond donors (Lipinski definition) is 1. The van der Waals surface area contributed by atoms with Crippen molar-refractivity contribution in [3.63, 3.8) is 0 Å². The summed E-state index contributed by atoms with van der Waals surface area (Å²) in [6.07, 6.45) is -4.81. The van der Waals surface area contributed by atoms with Crippen LogP contribution < -0.4 is 5.32 Å². The summed E-state index contributed by atoms with van der Waals surface area (Å²) in [5.74, 6) is 1.19. The van der Waals surface area contributed by atoms with Gasteiger partial charge in [0.1, 0.15) is 11.6 Å². The Kier molecular flexibility index (Phi) is 4.09. The Morgan fingerprint density at radius 3 is 2.50 bits per heavy atom. The third-order valence-electron chi connectivity index (χ3n) is 1.91. The molecule has 6 heteroatoms. The van der Waals surface area contributed by atoms with Gasteiger partial charge in [0, 0.05) is 24.7 Å². The number of nitrogens with one attached hydrogen (secondary N) is 1. The van der Waals surface area contributed by atoms with Crippen molar-refractivity contribution in [1.29, 1.82) is 0 Å². The van der Waals surface area contributed by atoms with E-state index < -0.39 is 12.6 Å². The summed E-state index contributed by atoms with van der Waals surface area (Å²) >= 11 is 0. The molecule has 0 saturated carbocycles. The minimum Gasteiger partial charge on any atom is -0.370 e. The second-order valence-corrected chi connectivity index (χ2v) is 3.59. The topological polar surface area (TPSA) is 37.8 Å². The highest BCUT2D eigenvalue weighted by Crippen LogP contribution is 2.21. The normalized spacial score (nSPS) is 11.6. The molecule has 0 amide bonds. The maximum Gasteiger partial charge on any atom is 0.389 e. The summed E-state index contributed by atoms with van der Waals surface area (Å²) in [4.78, 5) is 8.14. The van der Waals surface area contributed by atoms with E-state index in [9.17, 15) is 13.2 Å². The summed E-state index contributed by atoms with van der Waals surface area (Å²) in [5, 5.41) is 2.85. The van der Waals surface area contributed by atoms with Gasteiger partial charge in [0.15, 0.2) is 0 Å². The number of alkyl halides is 3. The maximum absolute atomic E-state index is 11.9. The molecule has 1 rings (SSSR count). The zero-order valence-electron chi connectivity index (χ0n) is 9.23. The lowest BCUT2D eigenvalue weighted by atomic mass is 10.3. The van der Waals surface area contributed by atoms with E-state index in [2.05, 4.69) is 15.3 Å². The number of nitrogens with zero attached hydrogens (tertiary/aromatic N) is 2. The molecule has 3 nitrogen and oxygen atoms in total. The summed E-state index contributed by atoms with van der Waals surface area (Å²) in [6, 6.07) is 1.71. The van der Waals surface area contributed by atoms with Gasteiger partial charge in [-0.3, -0.25) is 0 Å². The van der Waals surface area contributed by atoms with E-state index in [-0.39, 0.29) is 13.0 Å². The van der Waals surface area contributed by atoms with Crippen molar-refractivity contribution in [2.75, 3.05) is 11.9 Å². The number of aromatic nitrogens is 2. The van der Waals surface area contributed by atoms with Gasteiger partial charge in [0.2, 0.25) is 0 Å². The van der Waals surface area contributed by atoms with Crippen LogP contribution in [0.2, 0.25) is 0 Å². The van der Waals surface area contributed by atoms with Crippen LogP contribution in [0.1, 0.15) is 24.4 Å². The quantitative estimate of drug-likeness (QED) is 0.812. The van der Waals surface area contributed by atoms with Crippen molar-refractivity contribution < 1.29 is 13.2 Å². The first-order valence-corrected chi connectivity index (χ1v) is 5.00. The third kappa shape index (κ3) is 4.95. The second kappa shape index (κ2) is 5.14. The smallest absolute Gasteiger partial charge is 0.370 e. The number of hydrogen-bond acceptors (Lipinski definition) is 3. The molecular weight excluding hydrogens is 219 g/mol. The van der Waals surface area contributed by atoms with E-state index in [0.29, 0.717) is 11.6 Å². The van der Waals surface area contributed by atoms with E-state index in [1.165, 1.54) is 0 Å². The Bertz CT molecular complexity index is 329. The molecule has 0 saturated heterocycles. The van der Waals surface area contributed by atoms with Crippen LogP contribution in [0, 0.1) is 13.8 Å². The molecule has 1 aromatic rings. The van der Waals surface area contributed by atoms with Crippen LogP contribution >= 0.6 is 0 Å². The lowest BCUT2D eigenvalue weighted by Crippen LogP contribution is -2.11. The molecule has 0 atom stereocenters. The van der Waals surface area contributed by atoms with Crippen LogP contribution in [0.5, 0.6) is 0 Å². The van der Waals surface area contributed by atoms with Crippen molar-refractivity contribution >= 4 is 5.82 Å². The molecule has 0 spiro atoms. The van der Waals surface area contributed by atoms with Crippen molar-refractivity contribution in [3.8, 4) is 0 Å². The molecule has 0 aliphatic carbocycles. The van der Waals surface area contributed by atoms with E-state index in [1.807, 2.05) is 6.92 Å². The Labute approximate surface area is 92.1 Å². The van der Waals surface area contributed by atoms with Crippen LogP contribution in [0.25, 0.3) is 0 Å². The average molecular weight is 233 g/mol. The van der Waals surface area contributed by atoms with E-state index in [1.54, 1.807) is 13.0 Å². The first-order valence-electron chi connectivity index (χ1n) is 5.00. The second-order valence-electron chi connectivity index (χ2n) is 3.59. The number of aryl methyl sites for hydroxylation is 2. The zero-order chi connectivity index (χ0) is 12.2. The Morgan fingerprint density at radius 1 is 1.25 bits per heavy atom. The van der Waals surface area contributed by atoms with Crippen molar-refractivity contribution in [2.45, 2.75) is 32.9 Å². The molecule has 1 heterocycles. The molecule has 1 aromatic heterocycles. The first kappa shape index (κ1) is 12.7. The summed E-state index contributed by atoms with van der Waals surface area (Å²) in [7, 11) is 0. The predicted octanol–water partition coefficient (Wildman–Crippen LogP) is 2.85. The van der Waals surface area contributed by atoms with E-state index in [0.717, 1.165) is 5.69 Å². The Hall–Kier alpha value is -1.33. The molecule has 90 valence electrons. The Morgan fingerprint density at radius 2 is 1.94 bits per heavy atom. The van der Waals surface area contributed by atoms with Gasteiger partial charge in [-0.1, -0.05) is 0 Å². The molecule has 0 unspecified atom stereocenters. The fraction of sp³-hybridized carbons (Fsp3) is 0.600. The third-order valence-corrected chi connectivity index (χ3v) is 1.91. The standard InChI is InChI=1S/C10H14F3N3/c1-7-6-9(16-8(2)15-7)14-5-3-4-10(11,12)13/h6H,3-5H2,1-2H3,(H,14,15,16). The van der Waals surface area contributed by atoms with Gasteiger partial charge in [-0.25, -0.2) is 9.97 Å². The van der Waals surface area contributed by atoms with Crippen LogP contribution in [0.15, 0.2) is 6.07 Å². The summed E-state index contributed by atoms with van der Waals surface area (Å²) in [6.45, 7) is 3.82. The van der Waals surface area contributed by atoms with Crippen LogP contribution in [-0.2, 0) is 0 Å². The molecule has 16 heavy (non-hydrogen) atoms. The molecule has 1 N–H and O–H groups in total. The van der Waals surface area contributed by atoms with Gasteiger partial charge in [0.05, 0.1) is 0 Å². The van der Waals surface area contributed by atoms with Gasteiger partial charge in [0.25, 0.3) is 0 Å². The molecule has 0 bridgehead atoms.